The molecular weight excluding hydrogens is 180 g/mol. The molecule has 0 bridgehead atoms. The Morgan fingerprint density at radius 2 is 2.14 bits per heavy atom. The minimum atomic E-state index is 0.824. The molecule has 0 unspecified atom stereocenters. The van der Waals surface area contributed by atoms with Crippen LogP contribution < -0.4 is 0 Å². The Labute approximate surface area is 83.1 Å². The molecule has 4 nitrogen and oxygen atoms in total. The van der Waals surface area contributed by atoms with Gasteiger partial charge in [0.2, 0.25) is 6.41 Å². The highest BCUT2D eigenvalue weighted by Crippen LogP contribution is 2.07. The lowest BCUT2D eigenvalue weighted by Gasteiger charge is -2.31. The van der Waals surface area contributed by atoms with Crippen LogP contribution in [0.15, 0.2) is 22.8 Å². The number of piperazine rings is 1. The fourth-order valence-corrected chi connectivity index (χ4v) is 1.65. The summed E-state index contributed by atoms with van der Waals surface area (Å²) >= 11 is 0. The average molecular weight is 194 g/mol. The maximum absolute atomic E-state index is 10.5. The van der Waals surface area contributed by atoms with Gasteiger partial charge < -0.3 is 9.32 Å². The third-order valence-electron chi connectivity index (χ3n) is 2.52. The summed E-state index contributed by atoms with van der Waals surface area (Å²) in [6, 6.07) is 3.88. The van der Waals surface area contributed by atoms with E-state index in [1.165, 1.54) is 0 Å². The molecule has 0 saturated carbocycles. The lowest BCUT2D eigenvalue weighted by molar-refractivity contribution is -0.119. The number of carbonyl (C=O) groups is 1. The minimum Gasteiger partial charge on any atom is -0.468 e. The van der Waals surface area contributed by atoms with Gasteiger partial charge in [-0.2, -0.15) is 0 Å². The third-order valence-corrected chi connectivity index (χ3v) is 2.52. The van der Waals surface area contributed by atoms with Gasteiger partial charge in [0.05, 0.1) is 12.8 Å². The molecule has 1 aromatic heterocycles. The number of carbonyl (C=O) groups excluding carboxylic acids is 1. The molecule has 0 aliphatic carbocycles. The van der Waals surface area contributed by atoms with Crippen molar-refractivity contribution in [1.82, 2.24) is 9.80 Å². The Morgan fingerprint density at radius 3 is 2.71 bits per heavy atom. The van der Waals surface area contributed by atoms with Crippen molar-refractivity contribution in [3.05, 3.63) is 24.2 Å². The van der Waals surface area contributed by atoms with Crippen molar-refractivity contribution in [2.75, 3.05) is 26.2 Å². The minimum absolute atomic E-state index is 0.824. The highest BCUT2D eigenvalue weighted by atomic mass is 16.3. The van der Waals surface area contributed by atoms with E-state index in [9.17, 15) is 4.79 Å². The molecule has 0 spiro atoms. The predicted molar refractivity (Wildman–Crippen MR) is 51.6 cm³/mol. The summed E-state index contributed by atoms with van der Waals surface area (Å²) in [5.41, 5.74) is 0. The standard InChI is InChI=1S/C10H14N2O2/c13-9-12-5-3-11(4-6-12)8-10-2-1-7-14-10/h1-2,7,9H,3-6,8H2. The summed E-state index contributed by atoms with van der Waals surface area (Å²) in [4.78, 5) is 14.6. The molecule has 1 aliphatic rings. The van der Waals surface area contributed by atoms with Gasteiger partial charge in [-0.05, 0) is 12.1 Å². The largest absolute Gasteiger partial charge is 0.468 e. The first-order chi connectivity index (χ1) is 6.88. The second-order valence-electron chi connectivity index (χ2n) is 3.50. The van der Waals surface area contributed by atoms with Crippen molar-refractivity contribution < 1.29 is 9.21 Å². The first kappa shape index (κ1) is 9.27. The highest BCUT2D eigenvalue weighted by molar-refractivity contribution is 5.47. The van der Waals surface area contributed by atoms with Gasteiger partial charge in [-0.25, -0.2) is 0 Å². The molecule has 1 fully saturated rings. The van der Waals surface area contributed by atoms with E-state index < -0.39 is 0 Å². The number of rotatable bonds is 3. The van der Waals surface area contributed by atoms with Gasteiger partial charge in [0.25, 0.3) is 0 Å². The van der Waals surface area contributed by atoms with Crippen LogP contribution in [-0.4, -0.2) is 42.4 Å². The smallest absolute Gasteiger partial charge is 0.209 e. The van der Waals surface area contributed by atoms with Crippen LogP contribution in [0.25, 0.3) is 0 Å². The fourth-order valence-electron chi connectivity index (χ4n) is 1.65. The molecule has 76 valence electrons. The van der Waals surface area contributed by atoms with Gasteiger partial charge in [-0.15, -0.1) is 0 Å². The highest BCUT2D eigenvalue weighted by Gasteiger charge is 2.15. The van der Waals surface area contributed by atoms with Crippen molar-refractivity contribution >= 4 is 6.41 Å². The monoisotopic (exact) mass is 194 g/mol. The van der Waals surface area contributed by atoms with Gasteiger partial charge in [0.15, 0.2) is 0 Å². The summed E-state index contributed by atoms with van der Waals surface area (Å²) in [6.45, 7) is 4.35. The summed E-state index contributed by atoms with van der Waals surface area (Å²) in [5, 5.41) is 0. The number of hydrogen-bond acceptors (Lipinski definition) is 3. The third kappa shape index (κ3) is 2.14. The first-order valence-electron chi connectivity index (χ1n) is 4.82. The van der Waals surface area contributed by atoms with E-state index in [1.54, 1.807) is 11.2 Å². The van der Waals surface area contributed by atoms with Crippen LogP contribution in [0.1, 0.15) is 5.76 Å². The van der Waals surface area contributed by atoms with E-state index in [4.69, 9.17) is 4.42 Å². The molecule has 4 heteroatoms. The zero-order chi connectivity index (χ0) is 9.80. The molecule has 2 heterocycles. The zero-order valence-electron chi connectivity index (χ0n) is 8.06. The molecule has 2 rings (SSSR count). The maximum Gasteiger partial charge on any atom is 0.209 e. The SMILES string of the molecule is O=CN1CCN(Cc2ccco2)CC1. The number of furan rings is 1. The van der Waals surface area contributed by atoms with Crippen LogP contribution in [0.3, 0.4) is 0 Å². The van der Waals surface area contributed by atoms with Crippen LogP contribution in [-0.2, 0) is 11.3 Å². The van der Waals surface area contributed by atoms with E-state index in [0.717, 1.165) is 44.9 Å². The van der Waals surface area contributed by atoms with Crippen molar-refractivity contribution in [1.29, 1.82) is 0 Å². The predicted octanol–water partition coefficient (Wildman–Crippen LogP) is 0.554. The molecule has 1 aromatic rings. The van der Waals surface area contributed by atoms with Crippen molar-refractivity contribution in [3.63, 3.8) is 0 Å². The Hall–Kier alpha value is -1.29. The second-order valence-corrected chi connectivity index (χ2v) is 3.50. The lowest BCUT2D eigenvalue weighted by Crippen LogP contribution is -2.45. The maximum atomic E-state index is 10.5. The summed E-state index contributed by atoms with van der Waals surface area (Å²) in [6.07, 6.45) is 2.61. The van der Waals surface area contributed by atoms with Crippen LogP contribution >= 0.6 is 0 Å². The molecule has 1 aliphatic heterocycles. The lowest BCUT2D eigenvalue weighted by atomic mass is 10.3. The Kier molecular flexibility index (Phi) is 2.84. The number of nitrogens with zero attached hydrogens (tertiary/aromatic N) is 2. The van der Waals surface area contributed by atoms with Gasteiger partial charge in [-0.3, -0.25) is 9.69 Å². The average Bonchev–Trinajstić information content (AvgIpc) is 2.72. The van der Waals surface area contributed by atoms with Crippen molar-refractivity contribution in [3.8, 4) is 0 Å². The zero-order valence-corrected chi connectivity index (χ0v) is 8.06. The second kappa shape index (κ2) is 4.28. The summed E-state index contributed by atoms with van der Waals surface area (Å²) < 4.78 is 5.26. The van der Waals surface area contributed by atoms with Crippen LogP contribution in [0.4, 0.5) is 0 Å². The molecule has 1 amide bonds. The quantitative estimate of drug-likeness (QED) is 0.659. The van der Waals surface area contributed by atoms with Gasteiger partial charge in [-0.1, -0.05) is 0 Å². The Morgan fingerprint density at radius 1 is 1.36 bits per heavy atom. The molecule has 0 atom stereocenters. The van der Waals surface area contributed by atoms with E-state index >= 15 is 0 Å². The molecule has 0 N–H and O–H groups in total. The van der Waals surface area contributed by atoms with Crippen LogP contribution in [0.2, 0.25) is 0 Å². The molecule has 0 aromatic carbocycles. The first-order valence-corrected chi connectivity index (χ1v) is 4.82. The van der Waals surface area contributed by atoms with E-state index in [1.807, 2.05) is 12.1 Å². The molecule has 14 heavy (non-hydrogen) atoms. The van der Waals surface area contributed by atoms with Crippen LogP contribution in [0, 0.1) is 0 Å². The van der Waals surface area contributed by atoms with E-state index in [2.05, 4.69) is 4.90 Å². The molecule has 0 radical (unpaired) electrons. The van der Waals surface area contributed by atoms with Crippen molar-refractivity contribution in [2.45, 2.75) is 6.54 Å². The van der Waals surface area contributed by atoms with E-state index in [0.29, 0.717) is 0 Å². The van der Waals surface area contributed by atoms with Gasteiger partial charge in [0.1, 0.15) is 5.76 Å². The van der Waals surface area contributed by atoms with Gasteiger partial charge in [0, 0.05) is 26.2 Å². The van der Waals surface area contributed by atoms with E-state index in [-0.39, 0.29) is 0 Å². The Balaban J connectivity index is 1.81. The number of amides is 1. The summed E-state index contributed by atoms with van der Waals surface area (Å²) in [7, 11) is 0. The van der Waals surface area contributed by atoms with Crippen molar-refractivity contribution in [2.24, 2.45) is 0 Å². The van der Waals surface area contributed by atoms with Gasteiger partial charge >= 0.3 is 0 Å². The topological polar surface area (TPSA) is 36.7 Å². The normalized spacial score (nSPS) is 18.4. The molecular formula is C10H14N2O2. The number of hydrogen-bond donors (Lipinski definition) is 0. The fraction of sp³-hybridized carbons (Fsp3) is 0.500. The van der Waals surface area contributed by atoms with Crippen LogP contribution in [0.5, 0.6) is 0 Å². The summed E-state index contributed by atoms with van der Waals surface area (Å²) in [5.74, 6) is 0.990. The molecule has 1 saturated heterocycles. The Bertz CT molecular complexity index is 276.